The third-order valence-corrected chi connectivity index (χ3v) is 2.23. The van der Waals surface area contributed by atoms with Gasteiger partial charge in [-0.05, 0) is 13.0 Å². The molecule has 0 saturated carbocycles. The molecular weight excluding hydrogens is 224 g/mol. The van der Waals surface area contributed by atoms with Gasteiger partial charge in [0.2, 0.25) is 5.76 Å². The van der Waals surface area contributed by atoms with E-state index in [-0.39, 0.29) is 5.76 Å². The van der Waals surface area contributed by atoms with Crippen molar-refractivity contribution in [3.63, 3.8) is 0 Å². The van der Waals surface area contributed by atoms with E-state index in [1.54, 1.807) is 6.07 Å². The van der Waals surface area contributed by atoms with E-state index >= 15 is 0 Å². The van der Waals surface area contributed by atoms with Crippen LogP contribution in [0.2, 0.25) is 0 Å². The Hall–Kier alpha value is -2.08. The second-order valence-electron chi connectivity index (χ2n) is 3.62. The van der Waals surface area contributed by atoms with Crippen LogP contribution in [0.5, 0.6) is 0 Å². The van der Waals surface area contributed by atoms with Crippen LogP contribution >= 0.6 is 0 Å². The van der Waals surface area contributed by atoms with Crippen molar-refractivity contribution in [2.45, 2.75) is 20.0 Å². The molecule has 6 nitrogen and oxygen atoms in total. The summed E-state index contributed by atoms with van der Waals surface area (Å²) < 4.78 is 9.87. The van der Waals surface area contributed by atoms with Gasteiger partial charge in [-0.15, -0.1) is 0 Å². The van der Waals surface area contributed by atoms with Crippen molar-refractivity contribution in [2.24, 2.45) is 0 Å². The number of aryl methyl sites for hydroxylation is 1. The van der Waals surface area contributed by atoms with Crippen LogP contribution in [0.3, 0.4) is 0 Å². The summed E-state index contributed by atoms with van der Waals surface area (Å²) in [6, 6.07) is 3.45. The molecule has 0 spiro atoms. The molecule has 2 N–H and O–H groups in total. The van der Waals surface area contributed by atoms with Crippen LogP contribution in [0.1, 0.15) is 27.6 Å². The zero-order valence-electron chi connectivity index (χ0n) is 9.27. The van der Waals surface area contributed by atoms with Gasteiger partial charge >= 0.3 is 5.97 Å². The monoisotopic (exact) mass is 236 g/mol. The normalized spacial score (nSPS) is 10.6. The first kappa shape index (κ1) is 11.4. The summed E-state index contributed by atoms with van der Waals surface area (Å²) in [6.07, 6.45) is 1.36. The highest BCUT2D eigenvalue weighted by atomic mass is 16.5. The van der Waals surface area contributed by atoms with E-state index in [0.717, 1.165) is 5.69 Å². The second kappa shape index (κ2) is 4.84. The molecule has 0 amide bonds. The number of hydrogen-bond acceptors (Lipinski definition) is 5. The van der Waals surface area contributed by atoms with Gasteiger partial charge in [0, 0.05) is 18.2 Å². The first-order valence-electron chi connectivity index (χ1n) is 5.09. The molecule has 0 aliphatic heterocycles. The average Bonchev–Trinajstić information content (AvgIpc) is 2.87. The number of nitrogens with zero attached hydrogens (tertiary/aromatic N) is 1. The fraction of sp³-hybridized carbons (Fsp3) is 0.273. The molecule has 17 heavy (non-hydrogen) atoms. The minimum Gasteiger partial charge on any atom is -0.475 e. The molecule has 0 aliphatic rings. The minimum atomic E-state index is -1.07. The fourth-order valence-corrected chi connectivity index (χ4v) is 1.48. The molecule has 0 saturated heterocycles. The molecule has 0 fully saturated rings. The Morgan fingerprint density at radius 2 is 2.35 bits per heavy atom. The zero-order valence-corrected chi connectivity index (χ0v) is 9.27. The van der Waals surface area contributed by atoms with Crippen molar-refractivity contribution < 1.29 is 18.8 Å². The SMILES string of the molecule is Cc1cc(CNCc2ccoc2C(=O)O)on1. The Labute approximate surface area is 97.2 Å². The van der Waals surface area contributed by atoms with Crippen LogP contribution in [0.15, 0.2) is 27.3 Å². The number of carbonyl (C=O) groups is 1. The maximum absolute atomic E-state index is 10.8. The molecule has 0 bridgehead atoms. The van der Waals surface area contributed by atoms with Crippen molar-refractivity contribution >= 4 is 5.97 Å². The Morgan fingerprint density at radius 1 is 1.53 bits per heavy atom. The lowest BCUT2D eigenvalue weighted by molar-refractivity contribution is 0.0660. The number of carboxylic acid groups (broad SMARTS) is 1. The van der Waals surface area contributed by atoms with Gasteiger partial charge in [-0.2, -0.15) is 0 Å². The predicted octanol–water partition coefficient (Wildman–Crippen LogP) is 1.56. The summed E-state index contributed by atoms with van der Waals surface area (Å²) in [6.45, 7) is 2.73. The lowest BCUT2D eigenvalue weighted by atomic mass is 10.2. The summed E-state index contributed by atoms with van der Waals surface area (Å²) in [5, 5.41) is 15.6. The van der Waals surface area contributed by atoms with Crippen molar-refractivity contribution in [1.29, 1.82) is 0 Å². The maximum Gasteiger partial charge on any atom is 0.372 e. The van der Waals surface area contributed by atoms with Crippen LogP contribution in [0.25, 0.3) is 0 Å². The molecule has 2 aromatic heterocycles. The highest BCUT2D eigenvalue weighted by Gasteiger charge is 2.13. The van der Waals surface area contributed by atoms with Gasteiger partial charge in [-0.1, -0.05) is 5.16 Å². The third-order valence-electron chi connectivity index (χ3n) is 2.23. The number of carboxylic acids is 1. The summed E-state index contributed by atoms with van der Waals surface area (Å²) in [5.41, 5.74) is 1.42. The maximum atomic E-state index is 10.8. The molecule has 0 aromatic carbocycles. The van der Waals surface area contributed by atoms with E-state index in [0.29, 0.717) is 24.4 Å². The van der Waals surface area contributed by atoms with Crippen LogP contribution in [0.4, 0.5) is 0 Å². The molecule has 2 aromatic rings. The Balaban J connectivity index is 1.90. The molecule has 90 valence electrons. The Kier molecular flexibility index (Phi) is 3.24. The molecular formula is C11H12N2O4. The van der Waals surface area contributed by atoms with E-state index in [9.17, 15) is 4.79 Å². The first-order chi connectivity index (χ1) is 8.16. The number of hydrogen-bond donors (Lipinski definition) is 2. The zero-order chi connectivity index (χ0) is 12.3. The number of furan rings is 1. The van der Waals surface area contributed by atoms with Crippen LogP contribution in [-0.4, -0.2) is 16.2 Å². The van der Waals surface area contributed by atoms with Crippen LogP contribution < -0.4 is 5.32 Å². The van der Waals surface area contributed by atoms with Gasteiger partial charge in [-0.25, -0.2) is 4.79 Å². The van der Waals surface area contributed by atoms with Crippen molar-refractivity contribution in [3.8, 4) is 0 Å². The summed E-state index contributed by atoms with van der Waals surface area (Å²) >= 11 is 0. The predicted molar refractivity (Wildman–Crippen MR) is 57.5 cm³/mol. The summed E-state index contributed by atoms with van der Waals surface area (Å²) in [5.74, 6) is -0.392. The van der Waals surface area contributed by atoms with E-state index in [4.69, 9.17) is 14.0 Å². The van der Waals surface area contributed by atoms with Gasteiger partial charge in [0.1, 0.15) is 0 Å². The second-order valence-corrected chi connectivity index (χ2v) is 3.62. The van der Waals surface area contributed by atoms with Crippen molar-refractivity contribution in [1.82, 2.24) is 10.5 Å². The number of aromatic carboxylic acids is 1. The Bertz CT molecular complexity index is 515. The molecule has 2 rings (SSSR count). The highest BCUT2D eigenvalue weighted by molar-refractivity contribution is 5.86. The quantitative estimate of drug-likeness (QED) is 0.819. The number of rotatable bonds is 5. The lowest BCUT2D eigenvalue weighted by Crippen LogP contribution is -2.13. The van der Waals surface area contributed by atoms with E-state index in [1.165, 1.54) is 6.26 Å². The van der Waals surface area contributed by atoms with Gasteiger partial charge < -0.3 is 19.4 Å². The van der Waals surface area contributed by atoms with E-state index in [2.05, 4.69) is 10.5 Å². The lowest BCUT2D eigenvalue weighted by Gasteiger charge is -2.00. The van der Waals surface area contributed by atoms with Gasteiger partial charge in [-0.3, -0.25) is 0 Å². The molecule has 0 aliphatic carbocycles. The largest absolute Gasteiger partial charge is 0.475 e. The van der Waals surface area contributed by atoms with Gasteiger partial charge in [0.15, 0.2) is 5.76 Å². The first-order valence-corrected chi connectivity index (χ1v) is 5.09. The standard InChI is InChI=1S/C11H12N2O4/c1-7-4-9(17-13-7)6-12-5-8-2-3-16-10(8)11(14)15/h2-4,12H,5-6H2,1H3,(H,14,15). The Morgan fingerprint density at radius 3 is 3.00 bits per heavy atom. The third kappa shape index (κ3) is 2.73. The average molecular weight is 236 g/mol. The van der Waals surface area contributed by atoms with Crippen molar-refractivity contribution in [3.05, 3.63) is 41.2 Å². The smallest absolute Gasteiger partial charge is 0.372 e. The summed E-state index contributed by atoms with van der Waals surface area (Å²) in [7, 11) is 0. The molecule has 6 heteroatoms. The highest BCUT2D eigenvalue weighted by Crippen LogP contribution is 2.10. The fourth-order valence-electron chi connectivity index (χ4n) is 1.48. The van der Waals surface area contributed by atoms with E-state index in [1.807, 2.05) is 13.0 Å². The number of nitrogens with one attached hydrogen (secondary N) is 1. The topological polar surface area (TPSA) is 88.5 Å². The molecule has 0 unspecified atom stereocenters. The molecule has 0 radical (unpaired) electrons. The molecule has 0 atom stereocenters. The van der Waals surface area contributed by atoms with Crippen LogP contribution in [-0.2, 0) is 13.1 Å². The molecule has 2 heterocycles. The number of aromatic nitrogens is 1. The van der Waals surface area contributed by atoms with Gasteiger partial charge in [0.05, 0.1) is 18.5 Å². The van der Waals surface area contributed by atoms with Crippen LogP contribution in [0, 0.1) is 6.92 Å². The van der Waals surface area contributed by atoms with E-state index < -0.39 is 5.97 Å². The van der Waals surface area contributed by atoms with Crippen molar-refractivity contribution in [2.75, 3.05) is 0 Å². The summed E-state index contributed by atoms with van der Waals surface area (Å²) in [4.78, 5) is 10.8. The van der Waals surface area contributed by atoms with Gasteiger partial charge in [0.25, 0.3) is 0 Å². The minimum absolute atomic E-state index is 0.0359.